The van der Waals surface area contributed by atoms with Gasteiger partial charge in [0, 0.05) is 18.5 Å². The number of aliphatic imine (C=N–C) groups is 1. The number of nitrogens with zero attached hydrogens (tertiary/aromatic N) is 3. The Kier molecular flexibility index (Phi) is 7.23. The summed E-state index contributed by atoms with van der Waals surface area (Å²) in [6, 6.07) is 23.2. The zero-order valence-corrected chi connectivity index (χ0v) is 21.2. The lowest BCUT2D eigenvalue weighted by molar-refractivity contribution is -0.121. The zero-order valence-electron chi connectivity index (χ0n) is 20.4. The molecular weight excluding hydrogens is 504 g/mol. The van der Waals surface area contributed by atoms with E-state index >= 15 is 0 Å². The van der Waals surface area contributed by atoms with Gasteiger partial charge in [-0.15, -0.1) is 0 Å². The molecule has 2 N–H and O–H groups in total. The predicted octanol–water partition coefficient (Wildman–Crippen LogP) is 4.57. The van der Waals surface area contributed by atoms with Crippen molar-refractivity contribution in [3.8, 4) is 5.75 Å². The van der Waals surface area contributed by atoms with Crippen molar-refractivity contribution < 1.29 is 24.2 Å². The van der Waals surface area contributed by atoms with Crippen molar-refractivity contribution in [3.63, 3.8) is 0 Å². The van der Waals surface area contributed by atoms with Crippen molar-refractivity contribution >= 4 is 46.1 Å². The second-order valence-electron chi connectivity index (χ2n) is 8.72. The maximum absolute atomic E-state index is 12.8. The molecule has 9 nitrogen and oxygen atoms in total. The van der Waals surface area contributed by atoms with E-state index in [0.717, 1.165) is 22.6 Å². The van der Waals surface area contributed by atoms with Gasteiger partial charge in [-0.3, -0.25) is 9.59 Å². The maximum Gasteiger partial charge on any atom is 0.335 e. The number of benzene rings is 3. The number of nitrogens with one attached hydrogen (secondary N) is 1. The number of carbonyl (C=O) groups is 3. The highest BCUT2D eigenvalue weighted by Crippen LogP contribution is 2.39. The van der Waals surface area contributed by atoms with E-state index in [4.69, 9.17) is 14.9 Å². The van der Waals surface area contributed by atoms with Gasteiger partial charge in [-0.25, -0.2) is 9.80 Å². The number of amidine groups is 1. The molecule has 2 unspecified atom stereocenters. The topological polar surface area (TPSA) is 121 Å². The van der Waals surface area contributed by atoms with Crippen LogP contribution in [-0.2, 0) is 9.59 Å². The largest absolute Gasteiger partial charge is 0.497 e. The van der Waals surface area contributed by atoms with Gasteiger partial charge in [0.05, 0.1) is 24.4 Å². The number of hydrazone groups is 1. The van der Waals surface area contributed by atoms with Crippen molar-refractivity contribution in [2.45, 2.75) is 24.1 Å². The Labute approximate surface area is 223 Å². The molecule has 0 bridgehead atoms. The van der Waals surface area contributed by atoms with E-state index in [1.165, 1.54) is 36.0 Å². The third kappa shape index (κ3) is 5.45. The van der Waals surface area contributed by atoms with Crippen LogP contribution in [0.15, 0.2) is 89.0 Å². The molecular formula is C28H24N4O5S. The Bertz CT molecular complexity index is 1420. The number of methoxy groups -OCH3 is 1. The predicted molar refractivity (Wildman–Crippen MR) is 146 cm³/mol. The first-order chi connectivity index (χ1) is 18.4. The third-order valence-corrected chi connectivity index (χ3v) is 7.37. The number of rotatable bonds is 7. The standard InChI is InChI=1S/C28H24N4O5S/c1-37-21-13-9-18(10-14-21)23-15-22(17-5-3-2-4-6-17)31-32(23)28-30-26(34)24(38-28)16-25(33)29-20-11-7-19(8-12-20)27(35)36/h2-14,23-24H,15-16H2,1H3,(H,29,33)(H,35,36). The van der Waals surface area contributed by atoms with E-state index in [0.29, 0.717) is 17.3 Å². The highest BCUT2D eigenvalue weighted by atomic mass is 32.2. The van der Waals surface area contributed by atoms with Crippen molar-refractivity contribution in [2.24, 2.45) is 10.1 Å². The van der Waals surface area contributed by atoms with Gasteiger partial charge in [-0.05, 0) is 47.5 Å². The van der Waals surface area contributed by atoms with Crippen molar-refractivity contribution in [1.82, 2.24) is 5.01 Å². The van der Waals surface area contributed by atoms with E-state index in [2.05, 4.69) is 10.3 Å². The fourth-order valence-corrected chi connectivity index (χ4v) is 5.32. The van der Waals surface area contributed by atoms with Crippen LogP contribution >= 0.6 is 11.8 Å². The molecule has 0 fully saturated rings. The molecule has 2 heterocycles. The first kappa shape index (κ1) is 25.2. The summed E-state index contributed by atoms with van der Waals surface area (Å²) in [5.41, 5.74) is 3.45. The Hall–Kier alpha value is -4.44. The fraction of sp³-hybridized carbons (Fsp3) is 0.179. The molecule has 0 aromatic heterocycles. The molecule has 10 heteroatoms. The summed E-state index contributed by atoms with van der Waals surface area (Å²) in [6.45, 7) is 0. The number of ether oxygens (including phenoxy) is 1. The van der Waals surface area contributed by atoms with Crippen LogP contribution < -0.4 is 10.1 Å². The Balaban J connectivity index is 1.31. The number of thioether (sulfide) groups is 1. The van der Waals surface area contributed by atoms with Gasteiger partial charge in [0.1, 0.15) is 11.0 Å². The number of carboxylic acids is 1. The molecule has 3 aromatic carbocycles. The fourth-order valence-electron chi connectivity index (χ4n) is 4.26. The monoisotopic (exact) mass is 528 g/mol. The number of amides is 2. The Morgan fingerprint density at radius 3 is 2.42 bits per heavy atom. The Morgan fingerprint density at radius 1 is 1.05 bits per heavy atom. The minimum absolute atomic E-state index is 0.0759. The highest BCUT2D eigenvalue weighted by molar-refractivity contribution is 8.15. The molecule has 38 heavy (non-hydrogen) atoms. The van der Waals surface area contributed by atoms with Crippen LogP contribution in [0.5, 0.6) is 5.75 Å². The normalized spacial score (nSPS) is 18.7. The molecule has 0 aliphatic carbocycles. The van der Waals surface area contributed by atoms with E-state index in [1.54, 1.807) is 12.1 Å². The highest BCUT2D eigenvalue weighted by Gasteiger charge is 2.39. The molecule has 0 spiro atoms. The molecule has 2 aliphatic heterocycles. The van der Waals surface area contributed by atoms with E-state index in [1.807, 2.05) is 54.6 Å². The summed E-state index contributed by atoms with van der Waals surface area (Å²) in [4.78, 5) is 40.7. The van der Waals surface area contributed by atoms with Crippen molar-refractivity contribution in [1.29, 1.82) is 0 Å². The molecule has 2 aliphatic rings. The van der Waals surface area contributed by atoms with Crippen LogP contribution in [0.1, 0.15) is 40.4 Å². The van der Waals surface area contributed by atoms with Crippen molar-refractivity contribution in [2.75, 3.05) is 12.4 Å². The number of aromatic carboxylic acids is 1. The molecule has 5 rings (SSSR count). The Morgan fingerprint density at radius 2 is 1.76 bits per heavy atom. The van der Waals surface area contributed by atoms with Crippen LogP contribution in [0.25, 0.3) is 0 Å². The number of hydrogen-bond donors (Lipinski definition) is 2. The minimum Gasteiger partial charge on any atom is -0.497 e. The van der Waals surface area contributed by atoms with E-state index < -0.39 is 17.1 Å². The summed E-state index contributed by atoms with van der Waals surface area (Å²) < 4.78 is 5.29. The average Bonchev–Trinajstić information content (AvgIpc) is 3.53. The smallest absolute Gasteiger partial charge is 0.335 e. The van der Waals surface area contributed by atoms with Gasteiger partial charge in [-0.1, -0.05) is 54.2 Å². The van der Waals surface area contributed by atoms with Crippen LogP contribution in [-0.4, -0.2) is 51.1 Å². The molecule has 3 aromatic rings. The number of anilines is 1. The average molecular weight is 529 g/mol. The van der Waals surface area contributed by atoms with Gasteiger partial charge >= 0.3 is 5.97 Å². The van der Waals surface area contributed by atoms with E-state index in [9.17, 15) is 14.4 Å². The minimum atomic E-state index is -1.05. The SMILES string of the molecule is COc1ccc(C2CC(c3ccccc3)=NN2C2=NC(=O)C(CC(=O)Nc3ccc(C(=O)O)cc3)S2)cc1. The third-order valence-electron chi connectivity index (χ3n) is 6.23. The van der Waals surface area contributed by atoms with Gasteiger partial charge in [0.15, 0.2) is 5.17 Å². The summed E-state index contributed by atoms with van der Waals surface area (Å²) >= 11 is 1.22. The maximum atomic E-state index is 12.8. The molecule has 0 saturated heterocycles. The number of hydrogen-bond acceptors (Lipinski definition) is 7. The lowest BCUT2D eigenvalue weighted by atomic mass is 9.98. The molecule has 2 atom stereocenters. The first-order valence-electron chi connectivity index (χ1n) is 11.9. The second kappa shape index (κ2) is 10.9. The molecule has 0 saturated carbocycles. The van der Waals surface area contributed by atoms with Crippen LogP contribution in [0.2, 0.25) is 0 Å². The number of carboxylic acid groups (broad SMARTS) is 1. The summed E-state index contributed by atoms with van der Waals surface area (Å²) in [7, 11) is 1.62. The first-order valence-corrected chi connectivity index (χ1v) is 12.8. The molecule has 0 radical (unpaired) electrons. The summed E-state index contributed by atoms with van der Waals surface area (Å²) in [5.74, 6) is -1.06. The van der Waals surface area contributed by atoms with E-state index in [-0.39, 0.29) is 23.9 Å². The van der Waals surface area contributed by atoms with Crippen molar-refractivity contribution in [3.05, 3.63) is 95.6 Å². The summed E-state index contributed by atoms with van der Waals surface area (Å²) in [6.07, 6.45) is 0.551. The quantitative estimate of drug-likeness (QED) is 0.461. The zero-order chi connectivity index (χ0) is 26.6. The van der Waals surface area contributed by atoms with Gasteiger partial charge in [0.2, 0.25) is 5.91 Å². The van der Waals surface area contributed by atoms with Gasteiger partial charge in [0.25, 0.3) is 5.91 Å². The second-order valence-corrected chi connectivity index (χ2v) is 9.89. The van der Waals surface area contributed by atoms with Crippen LogP contribution in [0.4, 0.5) is 5.69 Å². The van der Waals surface area contributed by atoms with Gasteiger partial charge < -0.3 is 15.2 Å². The van der Waals surface area contributed by atoms with Gasteiger partial charge in [-0.2, -0.15) is 10.1 Å². The molecule has 192 valence electrons. The molecule has 2 amide bonds. The lowest BCUT2D eigenvalue weighted by Gasteiger charge is -2.23. The number of carbonyl (C=O) groups excluding carboxylic acids is 2. The lowest BCUT2D eigenvalue weighted by Crippen LogP contribution is -2.25. The van der Waals surface area contributed by atoms with Crippen LogP contribution in [0.3, 0.4) is 0 Å². The summed E-state index contributed by atoms with van der Waals surface area (Å²) in [5, 5.41) is 18.1. The van der Waals surface area contributed by atoms with Crippen LogP contribution in [0, 0.1) is 0 Å².